The molecule has 0 fully saturated rings. The molecule has 0 aliphatic carbocycles. The molecule has 0 bridgehead atoms. The Kier molecular flexibility index (Phi) is 22.5. The third-order valence-corrected chi connectivity index (χ3v) is 7.51. The smallest absolute Gasteiger partial charge is 0.349 e. The lowest BCUT2D eigenvalue weighted by atomic mass is 9.80. The maximum Gasteiger partial charge on any atom is 0.349 e. The van der Waals surface area contributed by atoms with Gasteiger partial charge in [-0.1, -0.05) is 136 Å². The molecule has 0 saturated carbocycles. The zero-order valence-corrected chi connectivity index (χ0v) is 24.7. The molecule has 8 nitrogen and oxygen atoms in total. The first-order chi connectivity index (χ1) is 18.7. The van der Waals surface area contributed by atoms with Gasteiger partial charge in [0.2, 0.25) is 5.60 Å². The van der Waals surface area contributed by atoms with E-state index in [2.05, 4.69) is 13.8 Å². The van der Waals surface area contributed by atoms with Crippen molar-refractivity contribution in [2.45, 2.75) is 167 Å². The molecule has 2 atom stereocenters. The third kappa shape index (κ3) is 18.0. The van der Waals surface area contributed by atoms with Gasteiger partial charge in [0.15, 0.2) is 0 Å². The van der Waals surface area contributed by atoms with Crippen molar-refractivity contribution >= 4 is 23.9 Å². The lowest BCUT2D eigenvalue weighted by Crippen LogP contribution is -2.54. The summed E-state index contributed by atoms with van der Waals surface area (Å²) in [6.07, 6.45) is 20.2. The van der Waals surface area contributed by atoms with E-state index in [1.54, 1.807) is 0 Å². The van der Waals surface area contributed by atoms with Crippen molar-refractivity contribution in [3.8, 4) is 0 Å². The Bertz CT molecular complexity index is 678. The van der Waals surface area contributed by atoms with E-state index in [-0.39, 0.29) is 12.8 Å². The maximum atomic E-state index is 12.4. The van der Waals surface area contributed by atoms with Crippen molar-refractivity contribution in [2.24, 2.45) is 5.92 Å². The normalized spacial score (nSPS) is 13.5. The molecule has 0 aromatic rings. The summed E-state index contributed by atoms with van der Waals surface area (Å²) in [6.45, 7) is 4.29. The Morgan fingerprint density at radius 2 is 0.974 bits per heavy atom. The highest BCUT2D eigenvalue weighted by atomic mass is 16.6. The van der Waals surface area contributed by atoms with Crippen LogP contribution in [-0.4, -0.2) is 44.8 Å². The summed E-state index contributed by atoms with van der Waals surface area (Å²) in [5.41, 5.74) is -2.62. The number of hydrogen-bond donors (Lipinski definition) is 3. The minimum Gasteiger partial charge on any atom is -0.481 e. The van der Waals surface area contributed by atoms with E-state index in [0.717, 1.165) is 51.4 Å². The van der Waals surface area contributed by atoms with E-state index >= 15 is 0 Å². The van der Waals surface area contributed by atoms with Crippen LogP contribution in [0.4, 0.5) is 0 Å². The molecule has 0 aromatic heterocycles. The van der Waals surface area contributed by atoms with Gasteiger partial charge in [0.1, 0.15) is 5.92 Å². The molecule has 0 aliphatic rings. The lowest BCUT2D eigenvalue weighted by Gasteiger charge is -2.33. The van der Waals surface area contributed by atoms with Crippen LogP contribution in [-0.2, 0) is 23.9 Å². The first-order valence-corrected chi connectivity index (χ1v) is 15.6. The monoisotopic (exact) mass is 556 g/mol. The van der Waals surface area contributed by atoms with Crippen molar-refractivity contribution in [1.29, 1.82) is 0 Å². The van der Waals surface area contributed by atoms with Gasteiger partial charge in [0.25, 0.3) is 0 Å². The predicted octanol–water partition coefficient (Wildman–Crippen LogP) is 8.15. The number of unbranched alkanes of at least 4 members (excludes halogenated alkanes) is 18. The molecule has 228 valence electrons. The summed E-state index contributed by atoms with van der Waals surface area (Å²) in [5.74, 6) is -7.19. The predicted molar refractivity (Wildman–Crippen MR) is 153 cm³/mol. The topological polar surface area (TPSA) is 138 Å². The summed E-state index contributed by atoms with van der Waals surface area (Å²) < 4.78 is 5.21. The van der Waals surface area contributed by atoms with Crippen LogP contribution in [0.25, 0.3) is 0 Å². The van der Waals surface area contributed by atoms with E-state index in [1.165, 1.54) is 64.2 Å². The summed E-state index contributed by atoms with van der Waals surface area (Å²) in [4.78, 5) is 48.3. The number of esters is 1. The van der Waals surface area contributed by atoms with Crippen molar-refractivity contribution in [3.05, 3.63) is 0 Å². The second-order valence-electron chi connectivity index (χ2n) is 11.0. The van der Waals surface area contributed by atoms with Crippen LogP contribution >= 0.6 is 0 Å². The van der Waals surface area contributed by atoms with Gasteiger partial charge in [0.05, 0.1) is 6.42 Å². The molecule has 39 heavy (non-hydrogen) atoms. The largest absolute Gasteiger partial charge is 0.481 e. The van der Waals surface area contributed by atoms with Crippen LogP contribution in [0.1, 0.15) is 162 Å². The van der Waals surface area contributed by atoms with Gasteiger partial charge in [-0.2, -0.15) is 0 Å². The zero-order valence-electron chi connectivity index (χ0n) is 24.7. The fourth-order valence-corrected chi connectivity index (χ4v) is 5.13. The van der Waals surface area contributed by atoms with Crippen LogP contribution in [0, 0.1) is 5.92 Å². The number of carbonyl (C=O) groups excluding carboxylic acids is 1. The van der Waals surface area contributed by atoms with Crippen LogP contribution < -0.4 is 0 Å². The number of carboxylic acids is 3. The molecule has 3 N–H and O–H groups in total. The standard InChI is InChI=1S/C31H56O8/c1-3-5-7-9-10-11-12-13-14-15-16-17-18-20-21-23-26(29(35)36)31(30(37)38,25-27(32)33)39-28(34)24-22-19-8-6-4-2/h26H,3-25H2,1-2H3,(H,32,33)(H,35,36)(H,37,38). The van der Waals surface area contributed by atoms with Gasteiger partial charge in [-0.3, -0.25) is 14.4 Å². The van der Waals surface area contributed by atoms with E-state index in [1.807, 2.05) is 0 Å². The molecular formula is C31H56O8. The Morgan fingerprint density at radius 1 is 0.590 bits per heavy atom. The highest BCUT2D eigenvalue weighted by molar-refractivity contribution is 5.92. The first kappa shape index (κ1) is 36.9. The second kappa shape index (κ2) is 23.7. The number of carbonyl (C=O) groups is 4. The number of carboxylic acid groups (broad SMARTS) is 3. The van der Waals surface area contributed by atoms with E-state index in [4.69, 9.17) is 4.74 Å². The fraction of sp³-hybridized carbons (Fsp3) is 0.871. The molecule has 0 rings (SSSR count). The Morgan fingerprint density at radius 3 is 1.33 bits per heavy atom. The van der Waals surface area contributed by atoms with E-state index in [9.17, 15) is 34.5 Å². The van der Waals surface area contributed by atoms with Gasteiger partial charge in [0, 0.05) is 6.42 Å². The fourth-order valence-electron chi connectivity index (χ4n) is 5.13. The molecule has 0 radical (unpaired) electrons. The average molecular weight is 557 g/mol. The van der Waals surface area contributed by atoms with E-state index in [0.29, 0.717) is 12.8 Å². The molecule has 0 aromatic carbocycles. The Hall–Kier alpha value is -2.12. The second-order valence-corrected chi connectivity index (χ2v) is 11.0. The molecule has 0 heterocycles. The Labute approximate surface area is 236 Å². The average Bonchev–Trinajstić information content (AvgIpc) is 2.87. The summed E-state index contributed by atoms with van der Waals surface area (Å²) in [5, 5.41) is 29.1. The molecule has 8 heteroatoms. The molecular weight excluding hydrogens is 500 g/mol. The molecule has 2 unspecified atom stereocenters. The third-order valence-electron chi connectivity index (χ3n) is 7.51. The van der Waals surface area contributed by atoms with Crippen molar-refractivity contribution in [2.75, 3.05) is 0 Å². The van der Waals surface area contributed by atoms with Crippen molar-refractivity contribution in [3.63, 3.8) is 0 Å². The maximum absolute atomic E-state index is 12.4. The SMILES string of the molecule is CCCCCCCCCCCCCCCCCC(C(=O)O)C(CC(=O)O)(OC(=O)CCCCCCC)C(=O)O. The zero-order chi connectivity index (χ0) is 29.4. The summed E-state index contributed by atoms with van der Waals surface area (Å²) in [6, 6.07) is 0. The number of rotatable bonds is 28. The lowest BCUT2D eigenvalue weighted by molar-refractivity contribution is -0.195. The van der Waals surface area contributed by atoms with E-state index < -0.39 is 41.8 Å². The van der Waals surface area contributed by atoms with Crippen LogP contribution in [0.2, 0.25) is 0 Å². The molecule has 0 saturated heterocycles. The number of ether oxygens (including phenoxy) is 1. The summed E-state index contributed by atoms with van der Waals surface area (Å²) >= 11 is 0. The van der Waals surface area contributed by atoms with Crippen LogP contribution in [0.15, 0.2) is 0 Å². The van der Waals surface area contributed by atoms with Crippen LogP contribution in [0.5, 0.6) is 0 Å². The summed E-state index contributed by atoms with van der Waals surface area (Å²) in [7, 11) is 0. The van der Waals surface area contributed by atoms with Gasteiger partial charge >= 0.3 is 23.9 Å². The van der Waals surface area contributed by atoms with Crippen LogP contribution in [0.3, 0.4) is 0 Å². The van der Waals surface area contributed by atoms with Gasteiger partial charge in [-0.15, -0.1) is 0 Å². The van der Waals surface area contributed by atoms with Crippen molar-refractivity contribution < 1.29 is 39.2 Å². The number of aliphatic carboxylic acids is 3. The Balaban J connectivity index is 4.57. The number of hydrogen-bond acceptors (Lipinski definition) is 5. The quantitative estimate of drug-likeness (QED) is 0.0648. The highest BCUT2D eigenvalue weighted by Gasteiger charge is 2.54. The molecule has 0 amide bonds. The van der Waals surface area contributed by atoms with Gasteiger partial charge < -0.3 is 20.1 Å². The molecule has 0 aliphatic heterocycles. The minimum atomic E-state index is -2.62. The van der Waals surface area contributed by atoms with Crippen molar-refractivity contribution in [1.82, 2.24) is 0 Å². The highest BCUT2D eigenvalue weighted by Crippen LogP contribution is 2.33. The minimum absolute atomic E-state index is 0.0586. The first-order valence-electron chi connectivity index (χ1n) is 15.6. The van der Waals surface area contributed by atoms with Gasteiger partial charge in [-0.25, -0.2) is 4.79 Å². The molecule has 0 spiro atoms. The van der Waals surface area contributed by atoms with Gasteiger partial charge in [-0.05, 0) is 12.8 Å².